The molecule has 0 aliphatic carbocycles. The van der Waals surface area contributed by atoms with Crippen LogP contribution in [0.2, 0.25) is 0 Å². The first-order chi connectivity index (χ1) is 11.1. The number of carbonyl (C=O) groups excluding carboxylic acids is 1. The Morgan fingerprint density at radius 3 is 1.86 bits per heavy atom. The van der Waals surface area contributed by atoms with Crippen LogP contribution in [0.3, 0.4) is 0 Å². The number of hydrogen-bond acceptors (Lipinski definition) is 2. The molecule has 0 rings (SSSR count). The maximum absolute atomic E-state index is 11.0. The molecule has 0 spiro atoms. The fourth-order valence-electron chi connectivity index (χ4n) is 2.29. The van der Waals surface area contributed by atoms with E-state index in [0.29, 0.717) is 18.5 Å². The molecule has 2 heteroatoms. The summed E-state index contributed by atoms with van der Waals surface area (Å²) in [5, 5.41) is 0. The van der Waals surface area contributed by atoms with Crippen LogP contribution in [-0.4, -0.2) is 13.1 Å². The number of hydrogen-bond donors (Lipinski definition) is 0. The summed E-state index contributed by atoms with van der Waals surface area (Å²) in [6.45, 7) is 2.22. The molecule has 2 nitrogen and oxygen atoms in total. The minimum Gasteiger partial charge on any atom is -0.469 e. The molecule has 0 saturated heterocycles. The van der Waals surface area contributed by atoms with E-state index < -0.39 is 0 Å². The molecule has 0 atom stereocenters. The Kier molecular flexibility index (Phi) is 13.6. The third kappa shape index (κ3) is 17.2. The number of carbonyl (C=O) groups is 1. The highest BCUT2D eigenvalue weighted by atomic mass is 16.5. The largest absolute Gasteiger partial charge is 0.469 e. The fraction of sp³-hybridized carbons (Fsp3) is 0.842. The average Bonchev–Trinajstić information content (AvgIpc) is 2.56. The Balaban J connectivity index is 3.54. The summed E-state index contributed by atoms with van der Waals surface area (Å²) in [6, 6.07) is 1.05. The average molecular weight is 299 g/mol. The first-order valence-corrected chi connectivity index (χ1v) is 8.83. The van der Waals surface area contributed by atoms with Crippen LogP contribution in [0, 0.1) is 0 Å². The lowest BCUT2D eigenvalue weighted by Crippen LogP contribution is -1.98. The Morgan fingerprint density at radius 1 is 0.857 bits per heavy atom. The summed E-state index contributed by atoms with van der Waals surface area (Å²) in [6.07, 6.45) is 14.5. The van der Waals surface area contributed by atoms with Crippen LogP contribution in [0.1, 0.15) is 99.6 Å². The summed E-state index contributed by atoms with van der Waals surface area (Å²) < 4.78 is 20.5. The van der Waals surface area contributed by atoms with Crippen LogP contribution in [-0.2, 0) is 9.53 Å². The van der Waals surface area contributed by atoms with Crippen LogP contribution in [0.4, 0.5) is 0 Å². The number of esters is 1. The standard InChI is InChI=1S/C19H36O2/c1-3-4-5-6-7-8-9-10-11-12-13-14-15-16-17-18-19(20)21-2/h10-11H,3-9,12-18H2,1-2H3/b11-10-/i10D,11D. The minimum atomic E-state index is -0.130. The van der Waals surface area contributed by atoms with E-state index in [-0.39, 0.29) is 5.97 Å². The predicted molar refractivity (Wildman–Crippen MR) is 91.5 cm³/mol. The molecular weight excluding hydrogens is 260 g/mol. The molecule has 0 saturated carbocycles. The zero-order valence-electron chi connectivity index (χ0n) is 16.2. The Labute approximate surface area is 135 Å². The maximum atomic E-state index is 11.0. The highest BCUT2D eigenvalue weighted by Crippen LogP contribution is 2.10. The van der Waals surface area contributed by atoms with Crippen LogP contribution in [0.15, 0.2) is 12.1 Å². The fourth-order valence-corrected chi connectivity index (χ4v) is 2.29. The molecule has 0 amide bonds. The molecule has 0 radical (unpaired) electrons. The van der Waals surface area contributed by atoms with Crippen molar-refractivity contribution in [3.05, 3.63) is 12.1 Å². The number of ether oxygens (including phenoxy) is 1. The molecule has 0 aromatic rings. The van der Waals surface area contributed by atoms with Crippen LogP contribution in [0.25, 0.3) is 0 Å². The van der Waals surface area contributed by atoms with E-state index in [2.05, 4.69) is 11.7 Å². The van der Waals surface area contributed by atoms with Crippen LogP contribution >= 0.6 is 0 Å². The number of rotatable bonds is 15. The number of allylic oxidation sites excluding steroid dienone is 2. The van der Waals surface area contributed by atoms with Crippen molar-refractivity contribution in [3.8, 4) is 0 Å². The smallest absolute Gasteiger partial charge is 0.305 e. The summed E-state index contributed by atoms with van der Waals surface area (Å²) in [5.41, 5.74) is 0. The SMILES string of the molecule is [2H]/C(CCCCCCCC)=C(\[2H])CCCCCCCC(=O)OC. The van der Waals surface area contributed by atoms with Gasteiger partial charge in [-0.3, -0.25) is 4.79 Å². The van der Waals surface area contributed by atoms with Gasteiger partial charge in [-0.15, -0.1) is 0 Å². The first kappa shape index (κ1) is 16.6. The van der Waals surface area contributed by atoms with Crippen LogP contribution < -0.4 is 0 Å². The van der Waals surface area contributed by atoms with E-state index in [9.17, 15) is 4.79 Å². The van der Waals surface area contributed by atoms with Gasteiger partial charge < -0.3 is 4.74 Å². The molecular formula is C19H36O2. The van der Waals surface area contributed by atoms with E-state index in [1.54, 1.807) is 0 Å². The summed E-state index contributed by atoms with van der Waals surface area (Å²) >= 11 is 0. The van der Waals surface area contributed by atoms with Gasteiger partial charge in [-0.25, -0.2) is 0 Å². The molecule has 0 bridgehead atoms. The van der Waals surface area contributed by atoms with Crippen molar-refractivity contribution in [1.29, 1.82) is 0 Å². The van der Waals surface area contributed by atoms with E-state index >= 15 is 0 Å². The van der Waals surface area contributed by atoms with Gasteiger partial charge >= 0.3 is 5.97 Å². The third-order valence-electron chi connectivity index (χ3n) is 3.69. The van der Waals surface area contributed by atoms with Crippen molar-refractivity contribution in [1.82, 2.24) is 0 Å². The topological polar surface area (TPSA) is 26.3 Å². The highest BCUT2D eigenvalue weighted by Gasteiger charge is 1.98. The zero-order chi connectivity index (χ0) is 17.3. The van der Waals surface area contributed by atoms with Gasteiger partial charge in [-0.2, -0.15) is 0 Å². The number of methoxy groups -OCH3 is 1. The van der Waals surface area contributed by atoms with Crippen molar-refractivity contribution in [2.24, 2.45) is 0 Å². The molecule has 0 heterocycles. The monoisotopic (exact) mass is 298 g/mol. The number of unbranched alkanes of at least 4 members (excludes halogenated alkanes) is 9. The van der Waals surface area contributed by atoms with Crippen LogP contribution in [0.5, 0.6) is 0 Å². The maximum Gasteiger partial charge on any atom is 0.305 e. The first-order valence-electron chi connectivity index (χ1n) is 9.83. The normalized spacial score (nSPS) is 13.4. The van der Waals surface area contributed by atoms with Gasteiger partial charge in [0.1, 0.15) is 0 Å². The van der Waals surface area contributed by atoms with Gasteiger partial charge in [-0.1, -0.05) is 70.4 Å². The van der Waals surface area contributed by atoms with Crippen molar-refractivity contribution >= 4 is 5.97 Å². The quantitative estimate of drug-likeness (QED) is 0.204. The lowest BCUT2D eigenvalue weighted by atomic mass is 10.1. The minimum absolute atomic E-state index is 0.130. The predicted octanol–water partition coefficient (Wildman–Crippen LogP) is 6.20. The molecule has 124 valence electrons. The van der Waals surface area contributed by atoms with Crippen molar-refractivity contribution in [2.75, 3.05) is 7.11 Å². The van der Waals surface area contributed by atoms with Gasteiger partial charge in [0.2, 0.25) is 0 Å². The highest BCUT2D eigenvalue weighted by molar-refractivity contribution is 5.68. The van der Waals surface area contributed by atoms with E-state index in [4.69, 9.17) is 2.74 Å². The molecule has 0 aliphatic rings. The lowest BCUT2D eigenvalue weighted by Gasteiger charge is -2.00. The van der Waals surface area contributed by atoms with E-state index in [1.165, 1.54) is 39.2 Å². The Bertz CT molecular complexity index is 327. The van der Waals surface area contributed by atoms with Gasteiger partial charge in [0.25, 0.3) is 0 Å². The molecule has 0 N–H and O–H groups in total. The van der Waals surface area contributed by atoms with E-state index in [0.717, 1.165) is 51.4 Å². The molecule has 0 fully saturated rings. The van der Waals surface area contributed by atoms with Gasteiger partial charge in [0, 0.05) is 6.42 Å². The van der Waals surface area contributed by atoms with Crippen molar-refractivity contribution in [2.45, 2.75) is 96.8 Å². The lowest BCUT2D eigenvalue weighted by molar-refractivity contribution is -0.140. The second-order valence-corrected chi connectivity index (χ2v) is 5.72. The molecule has 0 aromatic carbocycles. The molecule has 0 unspecified atom stereocenters. The Hall–Kier alpha value is -0.790. The molecule has 0 aromatic heterocycles. The molecule has 21 heavy (non-hydrogen) atoms. The molecule has 0 aliphatic heterocycles. The Morgan fingerprint density at radius 2 is 1.33 bits per heavy atom. The van der Waals surface area contributed by atoms with Crippen molar-refractivity contribution in [3.63, 3.8) is 0 Å². The zero-order valence-corrected chi connectivity index (χ0v) is 14.2. The van der Waals surface area contributed by atoms with Gasteiger partial charge in [0.05, 0.1) is 9.85 Å². The second-order valence-electron chi connectivity index (χ2n) is 5.72. The van der Waals surface area contributed by atoms with Gasteiger partial charge in [-0.05, 0) is 32.1 Å². The summed E-state index contributed by atoms with van der Waals surface area (Å²) in [5.74, 6) is -0.130. The van der Waals surface area contributed by atoms with Crippen molar-refractivity contribution < 1.29 is 12.3 Å². The second kappa shape index (κ2) is 17.3. The summed E-state index contributed by atoms with van der Waals surface area (Å²) in [4.78, 5) is 11.0. The summed E-state index contributed by atoms with van der Waals surface area (Å²) in [7, 11) is 1.42. The third-order valence-corrected chi connectivity index (χ3v) is 3.69. The van der Waals surface area contributed by atoms with E-state index in [1.807, 2.05) is 0 Å². The van der Waals surface area contributed by atoms with Gasteiger partial charge in [0.15, 0.2) is 0 Å².